The van der Waals surface area contributed by atoms with E-state index in [2.05, 4.69) is 77.7 Å². The molecule has 3 aliphatic rings. The van der Waals surface area contributed by atoms with Crippen LogP contribution in [0.5, 0.6) is 0 Å². The first-order valence-corrected chi connectivity index (χ1v) is 16.1. The maximum Gasteiger partial charge on any atom is 0.167 e. The minimum Gasteiger partial charge on any atom is -0.382 e. The first-order chi connectivity index (χ1) is 20.9. The van der Waals surface area contributed by atoms with Crippen molar-refractivity contribution in [2.45, 2.75) is 122 Å². The molecule has 0 radical (unpaired) electrons. The number of nitrogens with zero attached hydrogens (tertiary/aromatic N) is 6. The summed E-state index contributed by atoms with van der Waals surface area (Å²) in [6, 6.07) is 7.51. The van der Waals surface area contributed by atoms with Gasteiger partial charge in [-0.2, -0.15) is 0 Å². The van der Waals surface area contributed by atoms with E-state index in [0.717, 1.165) is 36.2 Å². The summed E-state index contributed by atoms with van der Waals surface area (Å²) in [5.41, 5.74) is 10.9. The Bertz CT molecular complexity index is 1650. The van der Waals surface area contributed by atoms with Gasteiger partial charge in [0.05, 0.1) is 17.4 Å². The molecule has 0 bridgehead atoms. The number of hydrogen-bond donors (Lipinski definition) is 2. The Kier molecular flexibility index (Phi) is 7.23. The lowest BCUT2D eigenvalue weighted by Gasteiger charge is -2.46. The number of anilines is 1. The van der Waals surface area contributed by atoms with Crippen LogP contribution in [0.2, 0.25) is 0 Å². The van der Waals surface area contributed by atoms with Crippen LogP contribution in [-0.4, -0.2) is 77.1 Å². The Morgan fingerprint density at radius 1 is 1.11 bits per heavy atom. The maximum absolute atomic E-state index is 6.72. The third-order valence-corrected chi connectivity index (χ3v) is 9.71. The molecule has 0 amide bonds. The van der Waals surface area contributed by atoms with Gasteiger partial charge >= 0.3 is 0 Å². The molecule has 1 aromatic carbocycles. The third kappa shape index (κ3) is 5.37. The van der Waals surface area contributed by atoms with Gasteiger partial charge in [-0.25, -0.2) is 19.9 Å². The fourth-order valence-electron chi connectivity index (χ4n) is 7.27. The minimum atomic E-state index is -0.699. The van der Waals surface area contributed by atoms with E-state index < -0.39 is 12.0 Å². The van der Waals surface area contributed by atoms with Gasteiger partial charge < -0.3 is 24.9 Å². The smallest absolute Gasteiger partial charge is 0.167 e. The van der Waals surface area contributed by atoms with Crippen LogP contribution in [-0.2, 0) is 26.0 Å². The van der Waals surface area contributed by atoms with Crippen LogP contribution in [0.25, 0.3) is 22.2 Å². The molecule has 236 valence electrons. The molecule has 4 aromatic rings. The topological polar surface area (TPSA) is 129 Å². The molecule has 3 N–H and O–H groups in total. The molecular weight excluding hydrogens is 556 g/mol. The molecular formula is C33H46N8O3. The Morgan fingerprint density at radius 2 is 1.89 bits per heavy atom. The van der Waals surface area contributed by atoms with Gasteiger partial charge in [-0.05, 0) is 76.0 Å². The fourth-order valence-corrected chi connectivity index (χ4v) is 7.27. The molecule has 3 fully saturated rings. The molecule has 4 atom stereocenters. The molecule has 3 aromatic heterocycles. The van der Waals surface area contributed by atoms with Gasteiger partial charge in [-0.3, -0.25) is 9.47 Å². The van der Waals surface area contributed by atoms with E-state index in [1.807, 2.05) is 18.4 Å². The minimum absolute atomic E-state index is 0.117. The summed E-state index contributed by atoms with van der Waals surface area (Å²) in [6.07, 6.45) is 6.61. The highest BCUT2D eigenvalue weighted by molar-refractivity contribution is 5.81. The van der Waals surface area contributed by atoms with Crippen molar-refractivity contribution < 1.29 is 14.2 Å². The standard InChI is InChI=1S/C33H46N8O3/c1-18(2)40(21-12-19(13-21)8-11-25-38-22-10-9-20(32(3,4)5)14-23(22)39-25)15-24-27-28(44-33(6,7)43-27)31(42-24)41-17-37-26-29(34)35-16-36-30(26)41/h9-10,14,16-19,21,24,27-28,31H,8,11-13,15H2,1-7H3,(H,38,39)(H2,34,35,36)/t19?,21?,24?,27-,28?,31-/m1/s1. The first kappa shape index (κ1) is 29.6. The van der Waals surface area contributed by atoms with Gasteiger partial charge in [0.25, 0.3) is 0 Å². The number of fused-ring (bicyclic) bond motifs is 3. The number of aryl methyl sites for hydroxylation is 1. The van der Waals surface area contributed by atoms with Gasteiger partial charge in [0.1, 0.15) is 36.0 Å². The molecule has 5 heterocycles. The van der Waals surface area contributed by atoms with E-state index >= 15 is 0 Å². The van der Waals surface area contributed by atoms with Gasteiger partial charge in [0.2, 0.25) is 0 Å². The van der Waals surface area contributed by atoms with Crippen molar-refractivity contribution in [3.05, 3.63) is 42.2 Å². The van der Waals surface area contributed by atoms with E-state index in [1.54, 1.807) is 6.33 Å². The zero-order chi connectivity index (χ0) is 31.0. The predicted octanol–water partition coefficient (Wildman–Crippen LogP) is 5.12. The second kappa shape index (κ2) is 10.8. The number of imidazole rings is 2. The average Bonchev–Trinajstić information content (AvgIpc) is 3.68. The lowest BCUT2D eigenvalue weighted by molar-refractivity contribution is -0.199. The van der Waals surface area contributed by atoms with Crippen molar-refractivity contribution in [3.63, 3.8) is 0 Å². The van der Waals surface area contributed by atoms with Crippen molar-refractivity contribution in [3.8, 4) is 0 Å². The fraction of sp³-hybridized carbons (Fsp3) is 0.636. The monoisotopic (exact) mass is 602 g/mol. The van der Waals surface area contributed by atoms with Gasteiger partial charge in [-0.1, -0.05) is 26.8 Å². The van der Waals surface area contributed by atoms with Crippen LogP contribution in [0.15, 0.2) is 30.9 Å². The second-order valence-electron chi connectivity index (χ2n) is 14.7. The van der Waals surface area contributed by atoms with Gasteiger partial charge in [0, 0.05) is 25.0 Å². The summed E-state index contributed by atoms with van der Waals surface area (Å²) in [4.78, 5) is 24.1. The van der Waals surface area contributed by atoms with E-state index in [1.165, 1.54) is 24.7 Å². The highest BCUT2D eigenvalue weighted by atomic mass is 16.8. The first-order valence-electron chi connectivity index (χ1n) is 16.1. The summed E-state index contributed by atoms with van der Waals surface area (Å²) in [5.74, 6) is 1.43. The van der Waals surface area contributed by atoms with E-state index in [4.69, 9.17) is 24.9 Å². The summed E-state index contributed by atoms with van der Waals surface area (Å²) < 4.78 is 21.5. The summed E-state index contributed by atoms with van der Waals surface area (Å²) in [5, 5.41) is 0. The molecule has 1 aliphatic carbocycles. The van der Waals surface area contributed by atoms with Crippen LogP contribution in [0.3, 0.4) is 0 Å². The van der Waals surface area contributed by atoms with Crippen LogP contribution in [0.4, 0.5) is 5.82 Å². The average molecular weight is 603 g/mol. The number of benzene rings is 1. The van der Waals surface area contributed by atoms with Crippen molar-refractivity contribution >= 4 is 28.0 Å². The molecule has 2 aliphatic heterocycles. The number of rotatable bonds is 8. The number of H-pyrrole nitrogens is 1. The largest absolute Gasteiger partial charge is 0.382 e. The molecule has 11 nitrogen and oxygen atoms in total. The zero-order valence-electron chi connectivity index (χ0n) is 26.9. The number of nitrogens with two attached hydrogens (primary N) is 1. The lowest BCUT2D eigenvalue weighted by Crippen LogP contribution is -2.52. The molecule has 2 unspecified atom stereocenters. The predicted molar refractivity (Wildman–Crippen MR) is 169 cm³/mol. The van der Waals surface area contributed by atoms with E-state index in [9.17, 15) is 0 Å². The van der Waals surface area contributed by atoms with Crippen LogP contribution < -0.4 is 5.73 Å². The molecule has 0 spiro atoms. The number of hydrogen-bond acceptors (Lipinski definition) is 9. The Morgan fingerprint density at radius 3 is 2.64 bits per heavy atom. The zero-order valence-corrected chi connectivity index (χ0v) is 26.9. The second-order valence-corrected chi connectivity index (χ2v) is 14.7. The van der Waals surface area contributed by atoms with Gasteiger partial charge in [0.15, 0.2) is 23.5 Å². The quantitative estimate of drug-likeness (QED) is 0.282. The van der Waals surface area contributed by atoms with E-state index in [-0.39, 0.29) is 23.7 Å². The summed E-state index contributed by atoms with van der Waals surface area (Å²) in [6.45, 7) is 16.0. The van der Waals surface area contributed by atoms with Crippen molar-refractivity contribution in [2.75, 3.05) is 12.3 Å². The molecule has 1 saturated carbocycles. The number of aromatic amines is 1. The summed E-state index contributed by atoms with van der Waals surface area (Å²) >= 11 is 0. The SMILES string of the molecule is CC(C)N(CC1O[C@@H](n2cnc3c(N)ncnc32)C2OC(C)(C)O[C@H]12)C1CC(CCc2nc3cc(C(C)(C)C)ccc3[nH]2)C1. The molecule has 7 rings (SSSR count). The Balaban J connectivity index is 1.00. The number of aromatic nitrogens is 6. The maximum atomic E-state index is 6.72. The van der Waals surface area contributed by atoms with Crippen molar-refractivity contribution in [1.29, 1.82) is 0 Å². The number of ether oxygens (including phenoxy) is 3. The third-order valence-electron chi connectivity index (χ3n) is 9.71. The Labute approximate surface area is 258 Å². The molecule has 11 heteroatoms. The van der Waals surface area contributed by atoms with Crippen molar-refractivity contribution in [2.24, 2.45) is 5.92 Å². The highest BCUT2D eigenvalue weighted by Crippen LogP contribution is 2.45. The molecule has 2 saturated heterocycles. The summed E-state index contributed by atoms with van der Waals surface area (Å²) in [7, 11) is 0. The van der Waals surface area contributed by atoms with Crippen LogP contribution in [0.1, 0.15) is 85.3 Å². The number of nitrogens with one attached hydrogen (secondary N) is 1. The molecule has 44 heavy (non-hydrogen) atoms. The van der Waals surface area contributed by atoms with Gasteiger partial charge in [-0.15, -0.1) is 0 Å². The lowest BCUT2D eigenvalue weighted by atomic mass is 9.76. The van der Waals surface area contributed by atoms with Crippen LogP contribution >= 0.6 is 0 Å². The van der Waals surface area contributed by atoms with Crippen molar-refractivity contribution in [1.82, 2.24) is 34.4 Å². The Hall–Kier alpha value is -3.12. The van der Waals surface area contributed by atoms with Crippen LogP contribution in [0, 0.1) is 5.92 Å². The van der Waals surface area contributed by atoms with E-state index in [0.29, 0.717) is 35.0 Å². The normalized spacial score (nSPS) is 28.4. The highest BCUT2D eigenvalue weighted by Gasteiger charge is 2.57. The number of nitrogen functional groups attached to an aromatic ring is 1.